The van der Waals surface area contributed by atoms with Crippen LogP contribution in [0.5, 0.6) is 0 Å². The number of hydrogen-bond donors (Lipinski definition) is 1. The van der Waals surface area contributed by atoms with Gasteiger partial charge in [-0.3, -0.25) is 4.79 Å². The van der Waals surface area contributed by atoms with Crippen molar-refractivity contribution in [2.45, 2.75) is 13.0 Å². The van der Waals surface area contributed by atoms with E-state index in [1.807, 2.05) is 6.07 Å². The molecule has 0 unspecified atom stereocenters. The van der Waals surface area contributed by atoms with Gasteiger partial charge in [-0.15, -0.1) is 0 Å². The molecule has 0 bridgehead atoms. The Balaban J connectivity index is 2.27. The largest absolute Gasteiger partial charge is 0.319 e. The molecule has 1 rings (SSSR count). The molecule has 0 spiro atoms. The predicted octanol–water partition coefficient (Wildman–Crippen LogP) is 0.427. The number of aromatic nitrogens is 1. The first-order valence-corrected chi connectivity index (χ1v) is 5.60. The monoisotopic (exact) mass is 223 g/mol. The molecule has 0 aromatic carbocycles. The maximum atomic E-state index is 11.3. The Kier molecular flexibility index (Phi) is 5.22. The van der Waals surface area contributed by atoms with Crippen molar-refractivity contribution in [2.24, 2.45) is 7.05 Å². The van der Waals surface area contributed by atoms with Gasteiger partial charge in [0.05, 0.1) is 0 Å². The zero-order chi connectivity index (χ0) is 12.0. The summed E-state index contributed by atoms with van der Waals surface area (Å²) in [7, 11) is 5.90. The van der Waals surface area contributed by atoms with E-state index in [4.69, 9.17) is 0 Å². The molecule has 0 amide bonds. The number of pyridine rings is 1. The molecule has 0 saturated carbocycles. The first-order valence-electron chi connectivity index (χ1n) is 5.60. The summed E-state index contributed by atoms with van der Waals surface area (Å²) in [6, 6.07) is 3.65. The Hall–Kier alpha value is -1.13. The van der Waals surface area contributed by atoms with Gasteiger partial charge in [-0.2, -0.15) is 0 Å². The van der Waals surface area contributed by atoms with Crippen LogP contribution in [-0.2, 0) is 13.6 Å². The molecule has 0 fully saturated rings. The summed E-state index contributed by atoms with van der Waals surface area (Å²) in [4.78, 5) is 13.5. The van der Waals surface area contributed by atoms with E-state index in [2.05, 4.69) is 24.3 Å². The second-order valence-electron chi connectivity index (χ2n) is 4.32. The number of nitrogens with one attached hydrogen (secondary N) is 1. The van der Waals surface area contributed by atoms with Crippen molar-refractivity contribution in [3.8, 4) is 0 Å². The van der Waals surface area contributed by atoms with Crippen LogP contribution >= 0.6 is 0 Å². The van der Waals surface area contributed by atoms with E-state index in [9.17, 15) is 4.79 Å². The van der Waals surface area contributed by atoms with Crippen LogP contribution < -0.4 is 10.9 Å². The summed E-state index contributed by atoms with van der Waals surface area (Å²) < 4.78 is 1.58. The molecule has 0 radical (unpaired) electrons. The van der Waals surface area contributed by atoms with Crippen LogP contribution in [0.4, 0.5) is 0 Å². The molecule has 0 aliphatic heterocycles. The lowest BCUT2D eigenvalue weighted by Gasteiger charge is -2.09. The first-order chi connectivity index (χ1) is 7.59. The number of aryl methyl sites for hydroxylation is 1. The van der Waals surface area contributed by atoms with Crippen LogP contribution in [0.25, 0.3) is 0 Å². The maximum Gasteiger partial charge on any atom is 0.250 e. The van der Waals surface area contributed by atoms with Crippen molar-refractivity contribution in [3.63, 3.8) is 0 Å². The normalized spacial score (nSPS) is 11.0. The van der Waals surface area contributed by atoms with Crippen LogP contribution in [0.2, 0.25) is 0 Å². The standard InChI is InChI=1S/C12H21N3O/c1-14(2)7-4-6-13-10-11-5-8-15(3)12(16)9-11/h5,8-9,13H,4,6-7,10H2,1-3H3. The van der Waals surface area contributed by atoms with E-state index in [0.717, 1.165) is 31.6 Å². The van der Waals surface area contributed by atoms with Crippen molar-refractivity contribution in [3.05, 3.63) is 34.2 Å². The molecule has 16 heavy (non-hydrogen) atoms. The molecule has 1 aromatic rings. The van der Waals surface area contributed by atoms with Gasteiger partial charge in [0, 0.05) is 25.9 Å². The van der Waals surface area contributed by atoms with Gasteiger partial charge in [-0.25, -0.2) is 0 Å². The maximum absolute atomic E-state index is 11.3. The molecule has 0 aliphatic carbocycles. The van der Waals surface area contributed by atoms with Crippen LogP contribution in [0.3, 0.4) is 0 Å². The van der Waals surface area contributed by atoms with Crippen molar-refractivity contribution in [2.75, 3.05) is 27.2 Å². The lowest BCUT2D eigenvalue weighted by molar-refractivity contribution is 0.394. The quantitative estimate of drug-likeness (QED) is 0.711. The van der Waals surface area contributed by atoms with E-state index in [0.29, 0.717) is 0 Å². The van der Waals surface area contributed by atoms with Crippen LogP contribution in [0.1, 0.15) is 12.0 Å². The summed E-state index contributed by atoms with van der Waals surface area (Å²) in [5, 5.41) is 3.33. The molecule has 1 N–H and O–H groups in total. The Labute approximate surface area is 96.9 Å². The molecule has 90 valence electrons. The minimum Gasteiger partial charge on any atom is -0.319 e. The third-order valence-electron chi connectivity index (χ3n) is 2.46. The van der Waals surface area contributed by atoms with Crippen LogP contribution in [-0.4, -0.2) is 36.7 Å². The minimum atomic E-state index is 0.0487. The average molecular weight is 223 g/mol. The highest BCUT2D eigenvalue weighted by molar-refractivity contribution is 5.10. The molecular formula is C12H21N3O. The Morgan fingerprint density at radius 1 is 1.44 bits per heavy atom. The van der Waals surface area contributed by atoms with Crippen molar-refractivity contribution < 1.29 is 0 Å². The van der Waals surface area contributed by atoms with Gasteiger partial charge in [-0.05, 0) is 45.2 Å². The van der Waals surface area contributed by atoms with Gasteiger partial charge in [0.15, 0.2) is 0 Å². The highest BCUT2D eigenvalue weighted by Gasteiger charge is 1.95. The molecule has 0 atom stereocenters. The van der Waals surface area contributed by atoms with Gasteiger partial charge in [-0.1, -0.05) is 0 Å². The third-order valence-corrected chi connectivity index (χ3v) is 2.46. The van der Waals surface area contributed by atoms with Gasteiger partial charge < -0.3 is 14.8 Å². The van der Waals surface area contributed by atoms with Gasteiger partial charge in [0.1, 0.15) is 0 Å². The fourth-order valence-corrected chi connectivity index (χ4v) is 1.45. The van der Waals surface area contributed by atoms with Crippen LogP contribution in [0.15, 0.2) is 23.1 Å². The predicted molar refractivity (Wildman–Crippen MR) is 66.6 cm³/mol. The smallest absolute Gasteiger partial charge is 0.250 e. The number of nitrogens with zero attached hydrogens (tertiary/aromatic N) is 2. The first kappa shape index (κ1) is 12.9. The lowest BCUT2D eigenvalue weighted by atomic mass is 10.2. The van der Waals surface area contributed by atoms with Crippen LogP contribution in [0, 0.1) is 0 Å². The van der Waals surface area contributed by atoms with Crippen molar-refractivity contribution in [1.82, 2.24) is 14.8 Å². The summed E-state index contributed by atoms with van der Waals surface area (Å²) in [5.74, 6) is 0. The molecule has 4 heteroatoms. The molecule has 1 aromatic heterocycles. The Morgan fingerprint density at radius 3 is 2.81 bits per heavy atom. The highest BCUT2D eigenvalue weighted by atomic mass is 16.1. The summed E-state index contributed by atoms with van der Waals surface area (Å²) in [6.45, 7) is 2.83. The molecule has 4 nitrogen and oxygen atoms in total. The second-order valence-corrected chi connectivity index (χ2v) is 4.32. The zero-order valence-corrected chi connectivity index (χ0v) is 10.4. The molecule has 0 aliphatic rings. The van der Waals surface area contributed by atoms with E-state index < -0.39 is 0 Å². The van der Waals surface area contributed by atoms with E-state index in [1.54, 1.807) is 23.9 Å². The summed E-state index contributed by atoms with van der Waals surface area (Å²) in [6.07, 6.45) is 2.93. The second kappa shape index (κ2) is 6.45. The SMILES string of the molecule is CN(C)CCCNCc1ccn(C)c(=O)c1. The zero-order valence-electron chi connectivity index (χ0n) is 10.4. The van der Waals surface area contributed by atoms with Gasteiger partial charge in [0.2, 0.25) is 0 Å². The molecule has 1 heterocycles. The topological polar surface area (TPSA) is 37.3 Å². The Bertz CT molecular complexity index is 371. The third kappa shape index (κ3) is 4.59. The van der Waals surface area contributed by atoms with E-state index in [-0.39, 0.29) is 5.56 Å². The van der Waals surface area contributed by atoms with Gasteiger partial charge in [0.25, 0.3) is 5.56 Å². The molecule has 0 saturated heterocycles. The Morgan fingerprint density at radius 2 is 2.19 bits per heavy atom. The number of hydrogen-bond acceptors (Lipinski definition) is 3. The van der Waals surface area contributed by atoms with E-state index in [1.165, 1.54) is 0 Å². The van der Waals surface area contributed by atoms with Crippen molar-refractivity contribution >= 4 is 0 Å². The fourth-order valence-electron chi connectivity index (χ4n) is 1.45. The molecular weight excluding hydrogens is 202 g/mol. The minimum absolute atomic E-state index is 0.0487. The number of rotatable bonds is 6. The average Bonchev–Trinajstić information content (AvgIpc) is 2.22. The van der Waals surface area contributed by atoms with E-state index >= 15 is 0 Å². The highest BCUT2D eigenvalue weighted by Crippen LogP contribution is 1.93. The summed E-state index contributed by atoms with van der Waals surface area (Å²) >= 11 is 0. The van der Waals surface area contributed by atoms with Gasteiger partial charge >= 0.3 is 0 Å². The van der Waals surface area contributed by atoms with Crippen molar-refractivity contribution in [1.29, 1.82) is 0 Å². The fraction of sp³-hybridized carbons (Fsp3) is 0.583. The summed E-state index contributed by atoms with van der Waals surface area (Å²) in [5.41, 5.74) is 1.10. The lowest BCUT2D eigenvalue weighted by Crippen LogP contribution is -2.22.